The molecular formula is C19H29NO3. The molecule has 0 unspecified atom stereocenters. The lowest BCUT2D eigenvalue weighted by Crippen LogP contribution is -2.52. The van der Waals surface area contributed by atoms with Gasteiger partial charge in [0.2, 0.25) is 0 Å². The molecule has 128 valence electrons. The minimum Gasteiger partial charge on any atom is -0.394 e. The maximum Gasteiger partial charge on any atom is 0.251 e. The Hall–Kier alpha value is -1.39. The van der Waals surface area contributed by atoms with Crippen molar-refractivity contribution in [1.82, 2.24) is 5.32 Å². The van der Waals surface area contributed by atoms with Crippen molar-refractivity contribution >= 4 is 5.91 Å². The molecule has 2 rings (SSSR count). The number of aryl methyl sites for hydroxylation is 1. The first kappa shape index (κ1) is 18.0. The maximum atomic E-state index is 12.4. The van der Waals surface area contributed by atoms with Gasteiger partial charge >= 0.3 is 0 Å². The van der Waals surface area contributed by atoms with Crippen LogP contribution in [-0.2, 0) is 6.42 Å². The first-order valence-electron chi connectivity index (χ1n) is 8.58. The fraction of sp³-hybridized carbons (Fsp3) is 0.632. The molecule has 0 bridgehead atoms. The average Bonchev–Trinajstić information content (AvgIpc) is 2.53. The second-order valence-corrected chi connectivity index (χ2v) is 7.46. The van der Waals surface area contributed by atoms with E-state index in [1.807, 2.05) is 24.3 Å². The third kappa shape index (κ3) is 5.33. The fourth-order valence-corrected chi connectivity index (χ4v) is 3.14. The van der Waals surface area contributed by atoms with Gasteiger partial charge < -0.3 is 15.5 Å². The summed E-state index contributed by atoms with van der Waals surface area (Å²) in [6.07, 6.45) is 6.44. The number of carbonyl (C=O) groups is 1. The summed E-state index contributed by atoms with van der Waals surface area (Å²) in [5.74, 6) is -0.116. The molecule has 1 fully saturated rings. The smallest absolute Gasteiger partial charge is 0.251 e. The normalized spacial score (nSPS) is 17.7. The van der Waals surface area contributed by atoms with Crippen molar-refractivity contribution in [3.05, 3.63) is 35.4 Å². The summed E-state index contributed by atoms with van der Waals surface area (Å²) in [7, 11) is 0. The lowest BCUT2D eigenvalue weighted by molar-refractivity contribution is 0.0712. The summed E-state index contributed by atoms with van der Waals surface area (Å²) < 4.78 is 0. The largest absolute Gasteiger partial charge is 0.394 e. The van der Waals surface area contributed by atoms with Crippen molar-refractivity contribution < 1.29 is 15.0 Å². The van der Waals surface area contributed by atoms with Crippen molar-refractivity contribution in [2.45, 2.75) is 69.9 Å². The predicted molar refractivity (Wildman–Crippen MR) is 91.4 cm³/mol. The SMILES string of the molecule is CC(C)(O)CCc1ccc(C(=O)NC2(CO)CCCCC2)cc1. The number of nitrogens with one attached hydrogen (secondary N) is 1. The van der Waals surface area contributed by atoms with Crippen LogP contribution in [0.15, 0.2) is 24.3 Å². The van der Waals surface area contributed by atoms with E-state index in [-0.39, 0.29) is 12.5 Å². The summed E-state index contributed by atoms with van der Waals surface area (Å²) in [6, 6.07) is 7.52. The highest BCUT2D eigenvalue weighted by Crippen LogP contribution is 2.28. The van der Waals surface area contributed by atoms with E-state index in [9.17, 15) is 15.0 Å². The molecule has 0 atom stereocenters. The van der Waals surface area contributed by atoms with Gasteiger partial charge in [0.25, 0.3) is 5.91 Å². The standard InChI is InChI=1S/C19H29NO3/c1-18(2,23)13-10-15-6-8-16(9-7-15)17(22)20-19(14-21)11-4-3-5-12-19/h6-9,21,23H,3-5,10-14H2,1-2H3,(H,20,22). The number of hydrogen-bond acceptors (Lipinski definition) is 3. The molecule has 4 heteroatoms. The Morgan fingerprint density at radius 2 is 1.78 bits per heavy atom. The molecule has 1 saturated carbocycles. The summed E-state index contributed by atoms with van der Waals surface area (Å²) >= 11 is 0. The minimum absolute atomic E-state index is 0.00239. The Morgan fingerprint density at radius 3 is 2.30 bits per heavy atom. The maximum absolute atomic E-state index is 12.4. The highest BCUT2D eigenvalue weighted by atomic mass is 16.3. The van der Waals surface area contributed by atoms with E-state index in [1.165, 1.54) is 6.42 Å². The second-order valence-electron chi connectivity index (χ2n) is 7.46. The van der Waals surface area contributed by atoms with Gasteiger partial charge in [0.05, 0.1) is 17.7 Å². The van der Waals surface area contributed by atoms with Crippen LogP contribution < -0.4 is 5.32 Å². The first-order chi connectivity index (χ1) is 10.8. The van der Waals surface area contributed by atoms with Gasteiger partial charge in [0.1, 0.15) is 0 Å². The number of benzene rings is 1. The fourth-order valence-electron chi connectivity index (χ4n) is 3.14. The van der Waals surface area contributed by atoms with Crippen molar-refractivity contribution in [3.63, 3.8) is 0 Å². The van der Waals surface area contributed by atoms with Crippen LogP contribution in [-0.4, -0.2) is 33.9 Å². The van der Waals surface area contributed by atoms with Crippen LogP contribution in [0.4, 0.5) is 0 Å². The topological polar surface area (TPSA) is 69.6 Å². The summed E-state index contributed by atoms with van der Waals surface area (Å²) in [6.45, 7) is 3.60. The zero-order chi connectivity index (χ0) is 16.9. The highest BCUT2D eigenvalue weighted by molar-refractivity contribution is 5.94. The van der Waals surface area contributed by atoms with Gasteiger partial charge in [-0.25, -0.2) is 0 Å². The van der Waals surface area contributed by atoms with Crippen LogP contribution in [0.1, 0.15) is 68.3 Å². The molecule has 0 radical (unpaired) electrons. The third-order valence-electron chi connectivity index (χ3n) is 4.73. The van der Waals surface area contributed by atoms with Gasteiger partial charge in [0.15, 0.2) is 0 Å². The molecule has 1 aromatic carbocycles. The molecule has 1 aromatic rings. The first-order valence-corrected chi connectivity index (χ1v) is 8.58. The molecule has 3 N–H and O–H groups in total. The quantitative estimate of drug-likeness (QED) is 0.755. The van der Waals surface area contributed by atoms with Crippen LogP contribution in [0.5, 0.6) is 0 Å². The van der Waals surface area contributed by atoms with Gasteiger partial charge in [-0.15, -0.1) is 0 Å². The molecule has 0 aromatic heterocycles. The molecule has 1 aliphatic carbocycles. The highest BCUT2D eigenvalue weighted by Gasteiger charge is 2.33. The molecule has 1 amide bonds. The summed E-state index contributed by atoms with van der Waals surface area (Å²) in [4.78, 5) is 12.4. The lowest BCUT2D eigenvalue weighted by Gasteiger charge is -2.36. The molecule has 23 heavy (non-hydrogen) atoms. The van der Waals surface area contributed by atoms with Crippen LogP contribution in [0.25, 0.3) is 0 Å². The summed E-state index contributed by atoms with van der Waals surface area (Å²) in [5.41, 5.74) is 0.605. The Kier molecular flexibility index (Phi) is 5.82. The average molecular weight is 319 g/mol. The number of aliphatic hydroxyl groups is 2. The summed E-state index contributed by atoms with van der Waals surface area (Å²) in [5, 5.41) is 22.5. The Balaban J connectivity index is 1.97. The van der Waals surface area contributed by atoms with E-state index < -0.39 is 11.1 Å². The van der Waals surface area contributed by atoms with Gasteiger partial charge in [-0.05, 0) is 57.2 Å². The van der Waals surface area contributed by atoms with E-state index in [0.29, 0.717) is 12.0 Å². The van der Waals surface area contributed by atoms with E-state index in [4.69, 9.17) is 0 Å². The molecule has 0 heterocycles. The molecular weight excluding hydrogens is 290 g/mol. The number of aliphatic hydroxyl groups excluding tert-OH is 1. The van der Waals surface area contributed by atoms with Crippen molar-refractivity contribution in [1.29, 1.82) is 0 Å². The minimum atomic E-state index is -0.676. The number of amides is 1. The van der Waals surface area contributed by atoms with Gasteiger partial charge in [-0.3, -0.25) is 4.79 Å². The molecule has 1 aliphatic rings. The van der Waals surface area contributed by atoms with Crippen LogP contribution >= 0.6 is 0 Å². The Labute approximate surface area is 138 Å². The van der Waals surface area contributed by atoms with Crippen molar-refractivity contribution in [2.75, 3.05) is 6.61 Å². The number of carbonyl (C=O) groups excluding carboxylic acids is 1. The van der Waals surface area contributed by atoms with Gasteiger partial charge in [-0.2, -0.15) is 0 Å². The van der Waals surface area contributed by atoms with E-state index >= 15 is 0 Å². The van der Waals surface area contributed by atoms with Crippen LogP contribution in [0.2, 0.25) is 0 Å². The molecule has 0 spiro atoms. The second kappa shape index (κ2) is 7.45. The number of rotatable bonds is 6. The van der Waals surface area contributed by atoms with Crippen LogP contribution in [0, 0.1) is 0 Å². The van der Waals surface area contributed by atoms with E-state index in [0.717, 1.165) is 37.7 Å². The van der Waals surface area contributed by atoms with Crippen molar-refractivity contribution in [2.24, 2.45) is 0 Å². The number of hydrogen-bond donors (Lipinski definition) is 3. The lowest BCUT2D eigenvalue weighted by atomic mass is 9.82. The van der Waals surface area contributed by atoms with E-state index in [2.05, 4.69) is 5.32 Å². The predicted octanol–water partition coefficient (Wildman–Crippen LogP) is 2.82. The molecule has 4 nitrogen and oxygen atoms in total. The zero-order valence-corrected chi connectivity index (χ0v) is 14.3. The molecule has 0 aliphatic heterocycles. The zero-order valence-electron chi connectivity index (χ0n) is 14.3. The molecule has 0 saturated heterocycles. The Bertz CT molecular complexity index is 510. The van der Waals surface area contributed by atoms with E-state index in [1.54, 1.807) is 13.8 Å². The van der Waals surface area contributed by atoms with Crippen LogP contribution in [0.3, 0.4) is 0 Å². The monoisotopic (exact) mass is 319 g/mol. The van der Waals surface area contributed by atoms with Gasteiger partial charge in [0, 0.05) is 5.56 Å². The third-order valence-corrected chi connectivity index (χ3v) is 4.73. The van der Waals surface area contributed by atoms with Crippen molar-refractivity contribution in [3.8, 4) is 0 Å². The Morgan fingerprint density at radius 1 is 1.17 bits per heavy atom. The van der Waals surface area contributed by atoms with Gasteiger partial charge in [-0.1, -0.05) is 31.4 Å².